The van der Waals surface area contributed by atoms with Crippen molar-refractivity contribution >= 4 is 10.9 Å². The van der Waals surface area contributed by atoms with Gasteiger partial charge in [-0.2, -0.15) is 0 Å². The molecule has 0 amide bonds. The summed E-state index contributed by atoms with van der Waals surface area (Å²) in [6, 6.07) is 4.35. The molecule has 128 valence electrons. The highest BCUT2D eigenvalue weighted by atomic mass is 19.1. The van der Waals surface area contributed by atoms with E-state index in [1.807, 2.05) is 6.07 Å². The number of rotatable bonds is 2. The number of hydrogen-bond acceptors (Lipinski definition) is 2. The summed E-state index contributed by atoms with van der Waals surface area (Å²) >= 11 is 0. The van der Waals surface area contributed by atoms with Crippen LogP contribution in [-0.2, 0) is 6.42 Å². The van der Waals surface area contributed by atoms with Gasteiger partial charge in [0.2, 0.25) is 0 Å². The number of ether oxygens (including phenoxy) is 1. The Kier molecular flexibility index (Phi) is 3.21. The molecule has 0 radical (unpaired) electrons. The number of methoxy groups -OCH3 is 1. The zero-order chi connectivity index (χ0) is 16.4. The maximum atomic E-state index is 14.9. The van der Waals surface area contributed by atoms with Crippen LogP contribution in [0, 0.1) is 17.7 Å². The lowest BCUT2D eigenvalue weighted by atomic mass is 9.65. The molecule has 4 aliphatic rings. The van der Waals surface area contributed by atoms with Gasteiger partial charge in [0.05, 0.1) is 7.11 Å². The summed E-state index contributed by atoms with van der Waals surface area (Å²) in [5.41, 5.74) is 3.45. The Balaban J connectivity index is 1.70. The van der Waals surface area contributed by atoms with Gasteiger partial charge in [-0.3, -0.25) is 4.90 Å². The molecule has 2 unspecified atom stereocenters. The van der Waals surface area contributed by atoms with Gasteiger partial charge in [-0.1, -0.05) is 13.3 Å². The van der Waals surface area contributed by atoms with Gasteiger partial charge < -0.3 is 9.72 Å². The van der Waals surface area contributed by atoms with Gasteiger partial charge in [-0.15, -0.1) is 0 Å². The van der Waals surface area contributed by atoms with Crippen LogP contribution in [0.3, 0.4) is 0 Å². The van der Waals surface area contributed by atoms with Gasteiger partial charge in [0.1, 0.15) is 0 Å². The maximum Gasteiger partial charge on any atom is 0.174 e. The van der Waals surface area contributed by atoms with Crippen molar-refractivity contribution in [2.24, 2.45) is 11.8 Å². The lowest BCUT2D eigenvalue weighted by Crippen LogP contribution is -2.56. The molecule has 2 aromatic rings. The van der Waals surface area contributed by atoms with E-state index < -0.39 is 0 Å². The van der Waals surface area contributed by atoms with Crippen molar-refractivity contribution in [1.82, 2.24) is 9.88 Å². The molecule has 1 saturated carbocycles. The van der Waals surface area contributed by atoms with E-state index in [4.69, 9.17) is 4.74 Å². The van der Waals surface area contributed by atoms with E-state index in [-0.39, 0.29) is 5.82 Å². The van der Waals surface area contributed by atoms with E-state index in [9.17, 15) is 4.39 Å². The molecule has 4 bridgehead atoms. The van der Waals surface area contributed by atoms with E-state index >= 15 is 0 Å². The Morgan fingerprint density at radius 3 is 3.00 bits per heavy atom. The fraction of sp³-hybridized carbons (Fsp3) is 0.600. The van der Waals surface area contributed by atoms with Gasteiger partial charge in [0, 0.05) is 41.6 Å². The minimum absolute atomic E-state index is 0.198. The molecule has 3 nitrogen and oxygen atoms in total. The molecule has 0 spiro atoms. The highest BCUT2D eigenvalue weighted by molar-refractivity contribution is 5.87. The van der Waals surface area contributed by atoms with E-state index in [0.29, 0.717) is 17.7 Å². The molecule has 1 N–H and O–H groups in total. The van der Waals surface area contributed by atoms with Gasteiger partial charge in [0.25, 0.3) is 0 Å². The third-order valence-electron chi connectivity index (χ3n) is 6.80. The zero-order valence-corrected chi connectivity index (χ0v) is 14.4. The topological polar surface area (TPSA) is 28.3 Å². The minimum Gasteiger partial charge on any atom is -0.494 e. The van der Waals surface area contributed by atoms with Crippen LogP contribution in [0.1, 0.15) is 43.4 Å². The molecule has 24 heavy (non-hydrogen) atoms. The van der Waals surface area contributed by atoms with Crippen LogP contribution in [0.15, 0.2) is 12.1 Å². The largest absolute Gasteiger partial charge is 0.494 e. The lowest BCUT2D eigenvalue weighted by molar-refractivity contribution is -0.0134. The maximum absolute atomic E-state index is 14.9. The molecular formula is C20H25FN2O. The fourth-order valence-corrected chi connectivity index (χ4v) is 5.88. The minimum atomic E-state index is -0.198. The molecule has 6 rings (SSSR count). The van der Waals surface area contributed by atoms with Crippen molar-refractivity contribution in [2.45, 2.75) is 44.6 Å². The number of benzene rings is 1. The van der Waals surface area contributed by atoms with Gasteiger partial charge in [0.15, 0.2) is 11.6 Å². The first-order chi connectivity index (χ1) is 11.7. The number of aromatic nitrogens is 1. The number of nitrogens with zero attached hydrogens (tertiary/aromatic N) is 1. The number of piperidine rings is 2. The highest BCUT2D eigenvalue weighted by Crippen LogP contribution is 2.51. The van der Waals surface area contributed by atoms with Crippen molar-refractivity contribution in [1.29, 1.82) is 0 Å². The van der Waals surface area contributed by atoms with Crippen LogP contribution >= 0.6 is 0 Å². The summed E-state index contributed by atoms with van der Waals surface area (Å²) in [7, 11) is 1.54. The molecule has 1 aromatic carbocycles. The second-order valence-corrected chi connectivity index (χ2v) is 7.87. The normalized spacial score (nSPS) is 34.2. The molecule has 3 fully saturated rings. The van der Waals surface area contributed by atoms with Gasteiger partial charge >= 0.3 is 0 Å². The van der Waals surface area contributed by atoms with Gasteiger partial charge in [-0.25, -0.2) is 4.39 Å². The Morgan fingerprint density at radius 2 is 2.21 bits per heavy atom. The van der Waals surface area contributed by atoms with E-state index in [2.05, 4.69) is 16.8 Å². The van der Waals surface area contributed by atoms with E-state index in [0.717, 1.165) is 35.7 Å². The number of aromatic amines is 1. The van der Waals surface area contributed by atoms with Crippen molar-refractivity contribution in [3.63, 3.8) is 0 Å². The average Bonchev–Trinajstić information content (AvgIpc) is 2.94. The number of halogens is 1. The van der Waals surface area contributed by atoms with Crippen molar-refractivity contribution in [2.75, 3.05) is 20.2 Å². The van der Waals surface area contributed by atoms with Crippen LogP contribution in [0.2, 0.25) is 0 Å². The first-order valence-electron chi connectivity index (χ1n) is 9.32. The van der Waals surface area contributed by atoms with Crippen LogP contribution in [0.4, 0.5) is 4.39 Å². The Bertz CT molecular complexity index is 799. The van der Waals surface area contributed by atoms with Crippen molar-refractivity contribution in [3.8, 4) is 5.75 Å². The highest BCUT2D eigenvalue weighted by Gasteiger charge is 2.48. The molecule has 1 aliphatic carbocycles. The summed E-state index contributed by atoms with van der Waals surface area (Å²) in [5.74, 6) is 2.29. The van der Waals surface area contributed by atoms with Crippen LogP contribution in [-0.4, -0.2) is 36.1 Å². The average molecular weight is 328 g/mol. The molecule has 3 aliphatic heterocycles. The quantitative estimate of drug-likeness (QED) is 0.900. The molecular weight excluding hydrogens is 303 g/mol. The Morgan fingerprint density at radius 1 is 1.33 bits per heavy atom. The van der Waals surface area contributed by atoms with Crippen molar-refractivity contribution < 1.29 is 9.13 Å². The van der Waals surface area contributed by atoms with Gasteiger partial charge in [-0.05, 0) is 48.8 Å². The summed E-state index contributed by atoms with van der Waals surface area (Å²) in [5, 5.41) is 0.766. The smallest absolute Gasteiger partial charge is 0.174 e. The number of nitrogens with one attached hydrogen (secondary N) is 1. The summed E-state index contributed by atoms with van der Waals surface area (Å²) < 4.78 is 20.2. The second kappa shape index (κ2) is 5.22. The first kappa shape index (κ1) is 14.8. The third kappa shape index (κ3) is 1.86. The van der Waals surface area contributed by atoms with Crippen molar-refractivity contribution in [3.05, 3.63) is 29.2 Å². The summed E-state index contributed by atoms with van der Waals surface area (Å²) in [6.07, 6.45) is 4.84. The molecule has 1 aromatic heterocycles. The number of H-pyrrole nitrogens is 1. The number of fused-ring (bicyclic) bond motifs is 4. The molecule has 2 saturated heterocycles. The van der Waals surface area contributed by atoms with E-state index in [1.165, 1.54) is 37.1 Å². The monoisotopic (exact) mass is 328 g/mol. The SMILES string of the molecule is CC[C@H]1C[C@H]2C[C@H]3c4[nH]c5ccc(OC)c(F)c5c4CCN(C2)C13. The standard InChI is InChI=1S/C20H25FN2O/c1-3-12-8-11-9-14-19-13(6-7-23(10-11)20(12)14)17-15(22-19)4-5-16(24-2)18(17)21/h4-5,11-12,14,20,22H,3,6-10H2,1-2H3/t11-,12-,14-,20?/m0/s1. The summed E-state index contributed by atoms with van der Waals surface area (Å²) in [6.45, 7) is 4.63. The molecule has 5 atom stereocenters. The van der Waals surface area contributed by atoms with E-state index in [1.54, 1.807) is 13.2 Å². The van der Waals surface area contributed by atoms with Crippen LogP contribution < -0.4 is 4.74 Å². The first-order valence-corrected chi connectivity index (χ1v) is 9.32. The molecule has 4 heteroatoms. The third-order valence-corrected chi connectivity index (χ3v) is 6.80. The van der Waals surface area contributed by atoms with Crippen LogP contribution in [0.5, 0.6) is 5.75 Å². The second-order valence-electron chi connectivity index (χ2n) is 7.87. The predicted octanol–water partition coefficient (Wildman–Crippen LogP) is 4.08. The Labute approximate surface area is 142 Å². The summed E-state index contributed by atoms with van der Waals surface area (Å²) in [4.78, 5) is 6.31. The molecule has 4 heterocycles. The fourth-order valence-electron chi connectivity index (χ4n) is 5.88. The Hall–Kier alpha value is -1.55. The predicted molar refractivity (Wildman–Crippen MR) is 93.1 cm³/mol. The van der Waals surface area contributed by atoms with Crippen LogP contribution in [0.25, 0.3) is 10.9 Å². The number of hydrogen-bond donors (Lipinski definition) is 1. The zero-order valence-electron chi connectivity index (χ0n) is 14.4. The lowest BCUT2D eigenvalue weighted by Gasteiger charge is -2.53.